The molecule has 1 amide bonds. The zero-order chi connectivity index (χ0) is 17.3. The summed E-state index contributed by atoms with van der Waals surface area (Å²) in [5.74, 6) is -1.55. The van der Waals surface area contributed by atoms with E-state index in [0.29, 0.717) is 39.3 Å². The average Bonchev–Trinajstić information content (AvgIpc) is 2.98. The molecule has 3 rings (SSSR count). The van der Waals surface area contributed by atoms with Crippen LogP contribution in [-0.2, 0) is 0 Å². The first kappa shape index (κ1) is 17.2. The average molecular weight is 387 g/mol. The summed E-state index contributed by atoms with van der Waals surface area (Å²) in [6.07, 6.45) is 0. The van der Waals surface area contributed by atoms with E-state index in [1.54, 1.807) is 18.2 Å². The first-order valence-corrected chi connectivity index (χ1v) is 8.63. The van der Waals surface area contributed by atoms with Crippen molar-refractivity contribution in [3.63, 3.8) is 0 Å². The lowest BCUT2D eigenvalue weighted by Crippen LogP contribution is -2.32. The van der Waals surface area contributed by atoms with E-state index >= 15 is 0 Å². The number of hydrogen-bond donors (Lipinski definition) is 0. The van der Waals surface area contributed by atoms with Gasteiger partial charge in [-0.2, -0.15) is 0 Å². The van der Waals surface area contributed by atoms with Crippen LogP contribution < -0.4 is 0 Å². The van der Waals surface area contributed by atoms with Crippen LogP contribution in [0.15, 0.2) is 41.4 Å². The van der Waals surface area contributed by atoms with Gasteiger partial charge in [0.05, 0.1) is 21.3 Å². The number of nitrogens with zero attached hydrogens (tertiary/aromatic N) is 2. The molecule has 2 aromatic carbocycles. The topological polar surface area (TPSA) is 32.7 Å². The molecule has 3 nitrogen and oxygen atoms in total. The van der Waals surface area contributed by atoms with Gasteiger partial charge in [-0.15, -0.1) is 0 Å². The predicted octanol–water partition coefficient (Wildman–Crippen LogP) is 5.15. The summed E-state index contributed by atoms with van der Waals surface area (Å²) in [6, 6.07) is 7.72. The Morgan fingerprint density at radius 1 is 1.12 bits per heavy atom. The van der Waals surface area contributed by atoms with E-state index < -0.39 is 17.5 Å². The third-order valence-electron chi connectivity index (χ3n) is 3.31. The van der Waals surface area contributed by atoms with Crippen LogP contribution in [0, 0.1) is 11.6 Å². The first-order valence-electron chi connectivity index (χ1n) is 6.89. The molecule has 0 aliphatic carbocycles. The van der Waals surface area contributed by atoms with Gasteiger partial charge >= 0.3 is 0 Å². The number of amides is 1. The maximum absolute atomic E-state index is 13.8. The van der Waals surface area contributed by atoms with Crippen LogP contribution >= 0.6 is 35.0 Å². The summed E-state index contributed by atoms with van der Waals surface area (Å²) in [7, 11) is 0. The highest BCUT2D eigenvalue weighted by Crippen LogP contribution is 2.29. The van der Waals surface area contributed by atoms with Crippen molar-refractivity contribution < 1.29 is 13.6 Å². The van der Waals surface area contributed by atoms with Gasteiger partial charge in [0.1, 0.15) is 11.6 Å². The van der Waals surface area contributed by atoms with Crippen LogP contribution in [-0.4, -0.2) is 28.3 Å². The molecule has 8 heteroatoms. The van der Waals surface area contributed by atoms with Crippen molar-refractivity contribution in [1.29, 1.82) is 0 Å². The van der Waals surface area contributed by atoms with Gasteiger partial charge in [-0.1, -0.05) is 35.0 Å². The molecule has 1 saturated heterocycles. The third-order valence-corrected chi connectivity index (χ3v) is 5.01. The summed E-state index contributed by atoms with van der Waals surface area (Å²) in [5, 5.41) is 1.19. The van der Waals surface area contributed by atoms with E-state index in [9.17, 15) is 13.6 Å². The minimum atomic E-state index is -0.897. The van der Waals surface area contributed by atoms with Crippen molar-refractivity contribution in [2.24, 2.45) is 4.99 Å². The van der Waals surface area contributed by atoms with Crippen molar-refractivity contribution >= 4 is 51.7 Å². The van der Waals surface area contributed by atoms with E-state index in [1.807, 2.05) is 0 Å². The number of rotatable bonds is 2. The van der Waals surface area contributed by atoms with Gasteiger partial charge < -0.3 is 0 Å². The van der Waals surface area contributed by atoms with Gasteiger partial charge in [-0.05, 0) is 30.3 Å². The summed E-state index contributed by atoms with van der Waals surface area (Å²) in [4.78, 5) is 18.3. The zero-order valence-corrected chi connectivity index (χ0v) is 14.4. The monoisotopic (exact) mass is 386 g/mol. The molecule has 0 radical (unpaired) electrons. The number of carbonyl (C=O) groups excluding carboxylic acids is 1. The molecule has 0 bridgehead atoms. The van der Waals surface area contributed by atoms with Crippen molar-refractivity contribution in [3.05, 3.63) is 63.6 Å². The second-order valence-corrected chi connectivity index (χ2v) is 6.80. The molecule has 24 heavy (non-hydrogen) atoms. The zero-order valence-electron chi connectivity index (χ0n) is 12.1. The number of hydrogen-bond acceptors (Lipinski definition) is 3. The Morgan fingerprint density at radius 2 is 1.92 bits per heavy atom. The molecule has 0 spiro atoms. The molecule has 0 saturated carbocycles. The molecule has 0 N–H and O–H groups in total. The van der Waals surface area contributed by atoms with Crippen LogP contribution in [0.2, 0.25) is 10.0 Å². The Hall–Kier alpha value is -1.63. The highest BCUT2D eigenvalue weighted by atomic mass is 35.5. The van der Waals surface area contributed by atoms with Crippen molar-refractivity contribution in [1.82, 2.24) is 4.90 Å². The molecular weight excluding hydrogens is 377 g/mol. The largest absolute Gasteiger partial charge is 0.286 e. The van der Waals surface area contributed by atoms with E-state index in [2.05, 4.69) is 4.99 Å². The summed E-state index contributed by atoms with van der Waals surface area (Å²) >= 11 is 13.2. The molecule has 1 heterocycles. The van der Waals surface area contributed by atoms with Gasteiger partial charge in [0.15, 0.2) is 5.17 Å². The van der Waals surface area contributed by atoms with Gasteiger partial charge in [0, 0.05) is 18.4 Å². The van der Waals surface area contributed by atoms with Crippen LogP contribution in [0.4, 0.5) is 14.5 Å². The molecule has 1 aliphatic heterocycles. The number of aliphatic imine (C=N–C) groups is 1. The molecular formula is C16H10Cl2F2N2OS. The number of benzene rings is 2. The smallest absolute Gasteiger partial charge is 0.262 e. The fourth-order valence-corrected chi connectivity index (χ4v) is 3.40. The minimum Gasteiger partial charge on any atom is -0.286 e. The lowest BCUT2D eigenvalue weighted by atomic mass is 10.2. The van der Waals surface area contributed by atoms with Crippen LogP contribution in [0.1, 0.15) is 10.4 Å². The van der Waals surface area contributed by atoms with Gasteiger partial charge in [-0.3, -0.25) is 9.69 Å². The Morgan fingerprint density at radius 3 is 2.62 bits per heavy atom. The highest BCUT2D eigenvalue weighted by Gasteiger charge is 2.28. The normalized spacial score (nSPS) is 16.0. The number of carbonyl (C=O) groups is 1. The molecule has 124 valence electrons. The fraction of sp³-hybridized carbons (Fsp3) is 0.125. The number of thioether (sulfide) groups is 1. The molecule has 0 aromatic heterocycles. The molecule has 0 unspecified atom stereocenters. The maximum Gasteiger partial charge on any atom is 0.262 e. The fourth-order valence-electron chi connectivity index (χ4n) is 2.16. The summed E-state index contributed by atoms with van der Waals surface area (Å²) in [5.41, 5.74) is 0.340. The van der Waals surface area contributed by atoms with Gasteiger partial charge in [-0.25, -0.2) is 13.8 Å². The SMILES string of the molecule is O=C(c1ccc(F)cc1F)N1CCSC1=Nc1ccc(Cl)c(Cl)c1. The highest BCUT2D eigenvalue weighted by molar-refractivity contribution is 8.14. The predicted molar refractivity (Wildman–Crippen MR) is 93.4 cm³/mol. The van der Waals surface area contributed by atoms with Crippen LogP contribution in [0.25, 0.3) is 0 Å². The first-order chi connectivity index (χ1) is 11.5. The number of amidine groups is 1. The third kappa shape index (κ3) is 3.55. The second-order valence-electron chi connectivity index (χ2n) is 4.92. The lowest BCUT2D eigenvalue weighted by Gasteiger charge is -2.16. The standard InChI is InChI=1S/C16H10Cl2F2N2OS/c17-12-4-2-10(8-13(12)18)21-16-22(5-6-24-16)15(23)11-3-1-9(19)7-14(11)20/h1-4,7-8H,5-6H2. The minimum absolute atomic E-state index is 0.194. The Kier molecular flexibility index (Phi) is 5.08. The van der Waals surface area contributed by atoms with Crippen molar-refractivity contribution in [3.8, 4) is 0 Å². The van der Waals surface area contributed by atoms with E-state index in [0.717, 1.165) is 12.1 Å². The summed E-state index contributed by atoms with van der Waals surface area (Å²) in [6.45, 7) is 0.389. The van der Waals surface area contributed by atoms with Crippen LogP contribution in [0.5, 0.6) is 0 Å². The van der Waals surface area contributed by atoms with Gasteiger partial charge in [0.25, 0.3) is 5.91 Å². The van der Waals surface area contributed by atoms with E-state index in [1.165, 1.54) is 16.7 Å². The Balaban J connectivity index is 1.91. The van der Waals surface area contributed by atoms with E-state index in [4.69, 9.17) is 23.2 Å². The van der Waals surface area contributed by atoms with E-state index in [-0.39, 0.29) is 5.56 Å². The second kappa shape index (κ2) is 7.09. The summed E-state index contributed by atoms with van der Waals surface area (Å²) < 4.78 is 26.8. The maximum atomic E-state index is 13.8. The Labute approximate surface area is 151 Å². The molecule has 1 aliphatic rings. The van der Waals surface area contributed by atoms with Gasteiger partial charge in [0.2, 0.25) is 0 Å². The van der Waals surface area contributed by atoms with Crippen LogP contribution in [0.3, 0.4) is 0 Å². The molecule has 2 aromatic rings. The van der Waals surface area contributed by atoms with Crippen molar-refractivity contribution in [2.45, 2.75) is 0 Å². The van der Waals surface area contributed by atoms with Crippen molar-refractivity contribution in [2.75, 3.05) is 12.3 Å². The Bertz CT molecular complexity index is 845. The molecule has 1 fully saturated rings. The quantitative estimate of drug-likeness (QED) is 0.714. The lowest BCUT2D eigenvalue weighted by molar-refractivity contribution is 0.0855. The number of halogens is 4. The molecule has 0 atom stereocenters.